The molecule has 0 aliphatic rings. The minimum Gasteiger partial charge on any atom is -0.368 e. The first kappa shape index (κ1) is 14.8. The minimum atomic E-state index is -0.578. The zero-order valence-electron chi connectivity index (χ0n) is 11.9. The smallest absolute Gasteiger partial charge is 0.227 e. The Morgan fingerprint density at radius 3 is 2.81 bits per heavy atom. The number of rotatable bonds is 4. The van der Waals surface area contributed by atoms with E-state index < -0.39 is 5.82 Å². The van der Waals surface area contributed by atoms with Gasteiger partial charge >= 0.3 is 0 Å². The molecule has 1 amide bonds. The quantitative estimate of drug-likeness (QED) is 0.930. The number of anilines is 2. The fraction of sp³-hybridized carbons (Fsp3) is 0.286. The minimum absolute atomic E-state index is 0.0123. The maximum Gasteiger partial charge on any atom is 0.227 e. The van der Waals surface area contributed by atoms with E-state index in [9.17, 15) is 9.18 Å². The first-order valence-electron chi connectivity index (χ1n) is 6.61. The SMILES string of the molecule is CCC(=O)N(CC)c1cc(-c2nc(N)ncc2F)ccn1. The third-order valence-electron chi connectivity index (χ3n) is 2.98. The van der Waals surface area contributed by atoms with Crippen LogP contribution in [0.1, 0.15) is 20.3 Å². The number of halogens is 1. The molecule has 0 radical (unpaired) electrons. The summed E-state index contributed by atoms with van der Waals surface area (Å²) in [5, 5.41) is 0. The van der Waals surface area contributed by atoms with Gasteiger partial charge in [0.25, 0.3) is 0 Å². The predicted octanol–water partition coefficient (Wildman–Crippen LogP) is 2.02. The van der Waals surface area contributed by atoms with Gasteiger partial charge in [0, 0.05) is 24.7 Å². The van der Waals surface area contributed by atoms with E-state index in [-0.39, 0.29) is 17.5 Å². The lowest BCUT2D eigenvalue weighted by Gasteiger charge is -2.19. The third kappa shape index (κ3) is 3.13. The molecule has 0 unspecified atom stereocenters. The van der Waals surface area contributed by atoms with E-state index in [1.807, 2.05) is 6.92 Å². The highest BCUT2D eigenvalue weighted by Gasteiger charge is 2.15. The topological polar surface area (TPSA) is 85.0 Å². The number of pyridine rings is 1. The standard InChI is InChI=1S/C14H16FN5O/c1-3-12(21)20(4-2)11-7-9(5-6-17-11)13-10(15)8-18-14(16)19-13/h5-8H,3-4H2,1-2H3,(H2,16,18,19). The molecule has 2 heterocycles. The van der Waals surface area contributed by atoms with Crippen LogP contribution < -0.4 is 10.6 Å². The fourth-order valence-corrected chi connectivity index (χ4v) is 1.95. The maximum atomic E-state index is 13.8. The third-order valence-corrected chi connectivity index (χ3v) is 2.98. The highest BCUT2D eigenvalue weighted by Crippen LogP contribution is 2.24. The van der Waals surface area contributed by atoms with E-state index in [0.29, 0.717) is 24.3 Å². The van der Waals surface area contributed by atoms with Crippen molar-refractivity contribution >= 4 is 17.7 Å². The van der Waals surface area contributed by atoms with Crippen molar-refractivity contribution in [3.8, 4) is 11.3 Å². The molecule has 7 heteroatoms. The van der Waals surface area contributed by atoms with Crippen molar-refractivity contribution in [1.29, 1.82) is 0 Å². The summed E-state index contributed by atoms with van der Waals surface area (Å²) in [5.41, 5.74) is 6.07. The molecule has 2 aromatic heterocycles. The largest absolute Gasteiger partial charge is 0.368 e. The van der Waals surface area contributed by atoms with Gasteiger partial charge < -0.3 is 5.73 Å². The van der Waals surface area contributed by atoms with E-state index in [4.69, 9.17) is 5.73 Å². The Bertz CT molecular complexity index is 662. The van der Waals surface area contributed by atoms with Crippen LogP contribution in [0.2, 0.25) is 0 Å². The first-order valence-corrected chi connectivity index (χ1v) is 6.61. The summed E-state index contributed by atoms with van der Waals surface area (Å²) in [5.74, 6) is -0.184. The Morgan fingerprint density at radius 1 is 1.38 bits per heavy atom. The molecule has 0 aromatic carbocycles. The van der Waals surface area contributed by atoms with Gasteiger partial charge in [0.2, 0.25) is 11.9 Å². The molecule has 0 bridgehead atoms. The zero-order chi connectivity index (χ0) is 15.4. The normalized spacial score (nSPS) is 10.4. The van der Waals surface area contributed by atoms with Crippen molar-refractivity contribution in [2.75, 3.05) is 17.2 Å². The molecule has 21 heavy (non-hydrogen) atoms. The van der Waals surface area contributed by atoms with Crippen molar-refractivity contribution < 1.29 is 9.18 Å². The Kier molecular flexibility index (Phi) is 4.42. The molecule has 0 fully saturated rings. The Hall–Kier alpha value is -2.57. The zero-order valence-corrected chi connectivity index (χ0v) is 11.9. The summed E-state index contributed by atoms with van der Waals surface area (Å²) < 4.78 is 13.8. The molecule has 2 aromatic rings. The van der Waals surface area contributed by atoms with Crippen LogP contribution in [0.5, 0.6) is 0 Å². The molecule has 2 rings (SSSR count). The van der Waals surface area contributed by atoms with Gasteiger partial charge in [-0.25, -0.2) is 19.3 Å². The molecular weight excluding hydrogens is 273 g/mol. The van der Waals surface area contributed by atoms with Crippen LogP contribution in [-0.2, 0) is 4.79 Å². The molecule has 0 saturated heterocycles. The molecule has 0 saturated carbocycles. The Morgan fingerprint density at radius 2 is 2.14 bits per heavy atom. The van der Waals surface area contributed by atoms with Crippen LogP contribution in [0.25, 0.3) is 11.3 Å². The second-order valence-corrected chi connectivity index (χ2v) is 4.32. The molecule has 0 aliphatic carbocycles. The number of nitrogen functional groups attached to an aromatic ring is 1. The van der Waals surface area contributed by atoms with E-state index >= 15 is 0 Å². The molecule has 2 N–H and O–H groups in total. The Labute approximate surface area is 121 Å². The monoisotopic (exact) mass is 289 g/mol. The van der Waals surface area contributed by atoms with Crippen molar-refractivity contribution in [3.63, 3.8) is 0 Å². The van der Waals surface area contributed by atoms with Crippen molar-refractivity contribution in [1.82, 2.24) is 15.0 Å². The lowest BCUT2D eigenvalue weighted by molar-refractivity contribution is -0.118. The van der Waals surface area contributed by atoms with Crippen molar-refractivity contribution in [2.45, 2.75) is 20.3 Å². The van der Waals surface area contributed by atoms with Crippen molar-refractivity contribution in [3.05, 3.63) is 30.3 Å². The van der Waals surface area contributed by atoms with Gasteiger partial charge in [0.05, 0.1) is 6.20 Å². The number of nitrogens with two attached hydrogens (primary N) is 1. The number of aromatic nitrogens is 3. The van der Waals surface area contributed by atoms with E-state index in [0.717, 1.165) is 6.20 Å². The van der Waals surface area contributed by atoms with Gasteiger partial charge in [-0.1, -0.05) is 6.92 Å². The Balaban J connectivity index is 2.46. The number of hydrogen-bond acceptors (Lipinski definition) is 5. The lowest BCUT2D eigenvalue weighted by Crippen LogP contribution is -2.30. The highest BCUT2D eigenvalue weighted by molar-refractivity contribution is 5.92. The molecule has 0 atom stereocenters. The summed E-state index contributed by atoms with van der Waals surface area (Å²) in [6, 6.07) is 3.22. The van der Waals surface area contributed by atoms with Gasteiger partial charge in [-0.2, -0.15) is 0 Å². The second kappa shape index (κ2) is 6.25. The van der Waals surface area contributed by atoms with Crippen molar-refractivity contribution in [2.24, 2.45) is 0 Å². The fourth-order valence-electron chi connectivity index (χ4n) is 1.95. The number of amides is 1. The molecule has 110 valence electrons. The first-order chi connectivity index (χ1) is 10.1. The summed E-state index contributed by atoms with van der Waals surface area (Å²) in [7, 11) is 0. The van der Waals surface area contributed by atoms with E-state index in [2.05, 4.69) is 15.0 Å². The van der Waals surface area contributed by atoms with Crippen LogP contribution in [0.4, 0.5) is 16.2 Å². The lowest BCUT2D eigenvalue weighted by atomic mass is 10.1. The van der Waals surface area contributed by atoms with E-state index in [1.54, 1.807) is 19.1 Å². The van der Waals surface area contributed by atoms with Crippen LogP contribution in [0.15, 0.2) is 24.5 Å². The molecule has 0 spiro atoms. The highest BCUT2D eigenvalue weighted by atomic mass is 19.1. The van der Waals surface area contributed by atoms with Gasteiger partial charge in [-0.15, -0.1) is 0 Å². The van der Waals surface area contributed by atoms with Gasteiger partial charge in [-0.3, -0.25) is 9.69 Å². The van der Waals surface area contributed by atoms with Crippen LogP contribution in [0.3, 0.4) is 0 Å². The number of carbonyl (C=O) groups excluding carboxylic acids is 1. The maximum absolute atomic E-state index is 13.8. The van der Waals surface area contributed by atoms with E-state index in [1.165, 1.54) is 11.1 Å². The predicted molar refractivity (Wildman–Crippen MR) is 78.0 cm³/mol. The van der Waals surface area contributed by atoms with Gasteiger partial charge in [0.1, 0.15) is 11.5 Å². The number of nitrogens with zero attached hydrogens (tertiary/aromatic N) is 4. The average molecular weight is 289 g/mol. The average Bonchev–Trinajstić information content (AvgIpc) is 2.50. The van der Waals surface area contributed by atoms with Crippen LogP contribution >= 0.6 is 0 Å². The molecular formula is C14H16FN5O. The number of hydrogen-bond donors (Lipinski definition) is 1. The van der Waals surface area contributed by atoms with Crippen LogP contribution in [-0.4, -0.2) is 27.4 Å². The molecule has 6 nitrogen and oxygen atoms in total. The summed E-state index contributed by atoms with van der Waals surface area (Å²) >= 11 is 0. The van der Waals surface area contributed by atoms with Gasteiger partial charge in [-0.05, 0) is 19.1 Å². The summed E-state index contributed by atoms with van der Waals surface area (Å²) in [6.45, 7) is 4.11. The number of carbonyl (C=O) groups is 1. The second-order valence-electron chi connectivity index (χ2n) is 4.32. The summed E-state index contributed by atoms with van der Waals surface area (Å²) in [6.07, 6.45) is 2.90. The van der Waals surface area contributed by atoms with Crippen LogP contribution in [0, 0.1) is 5.82 Å². The molecule has 0 aliphatic heterocycles. The summed E-state index contributed by atoms with van der Waals surface area (Å²) in [4.78, 5) is 25.1. The van der Waals surface area contributed by atoms with Gasteiger partial charge in [0.15, 0.2) is 5.82 Å².